The molecule has 2 N–H and O–H groups in total. The third-order valence-corrected chi connectivity index (χ3v) is 7.57. The number of hydrogen-bond donors (Lipinski definition) is 2. The highest BCUT2D eigenvalue weighted by molar-refractivity contribution is 7.17. The number of methoxy groups -OCH3 is 1. The largest absolute Gasteiger partial charge is 0.490 e. The number of ether oxygens (including phenoxy) is 2. The van der Waals surface area contributed by atoms with Crippen LogP contribution in [0.1, 0.15) is 63.0 Å². The zero-order valence-corrected chi connectivity index (χ0v) is 20.8. The number of aryl methyl sites for hydroxylation is 1. The van der Waals surface area contributed by atoms with Crippen molar-refractivity contribution in [2.24, 2.45) is 0 Å². The average molecular weight is 496 g/mol. The van der Waals surface area contributed by atoms with Crippen LogP contribution >= 0.6 is 11.3 Å². The van der Waals surface area contributed by atoms with Crippen molar-refractivity contribution in [3.05, 3.63) is 51.5 Å². The van der Waals surface area contributed by atoms with Gasteiger partial charge in [0.1, 0.15) is 16.9 Å². The lowest BCUT2D eigenvalue weighted by molar-refractivity contribution is 0.0948. The minimum atomic E-state index is -0.398. The maximum absolute atomic E-state index is 13.1. The summed E-state index contributed by atoms with van der Waals surface area (Å²) in [4.78, 5) is 27.3. The van der Waals surface area contributed by atoms with Crippen LogP contribution < -0.4 is 15.4 Å². The van der Waals surface area contributed by atoms with E-state index < -0.39 is 5.91 Å². The van der Waals surface area contributed by atoms with Gasteiger partial charge in [-0.05, 0) is 68.4 Å². The molecule has 1 aliphatic heterocycles. The van der Waals surface area contributed by atoms with E-state index in [-0.39, 0.29) is 17.7 Å². The molecule has 1 unspecified atom stereocenters. The number of thiophene rings is 1. The highest BCUT2D eigenvalue weighted by Gasteiger charge is 2.27. The van der Waals surface area contributed by atoms with Crippen molar-refractivity contribution in [2.45, 2.75) is 51.6 Å². The second-order valence-electron chi connectivity index (χ2n) is 9.00. The fourth-order valence-electron chi connectivity index (χ4n) is 4.66. The Balaban J connectivity index is 1.34. The van der Waals surface area contributed by atoms with Gasteiger partial charge in [0.15, 0.2) is 11.5 Å². The number of aromatic nitrogens is 1. The number of nitrogens with zero attached hydrogens (tertiary/aromatic N) is 1. The Morgan fingerprint density at radius 2 is 2.06 bits per heavy atom. The van der Waals surface area contributed by atoms with Crippen molar-refractivity contribution in [3.63, 3.8) is 0 Å². The topological polar surface area (TPSA) is 103 Å². The summed E-state index contributed by atoms with van der Waals surface area (Å²) in [6.07, 6.45) is 5.62. The van der Waals surface area contributed by atoms with Crippen LogP contribution in [0.5, 0.6) is 5.75 Å². The molecule has 9 heteroatoms. The molecule has 5 rings (SSSR count). The highest BCUT2D eigenvalue weighted by atomic mass is 32.1. The van der Waals surface area contributed by atoms with Gasteiger partial charge in [0.2, 0.25) is 0 Å². The van der Waals surface area contributed by atoms with Gasteiger partial charge in [0.25, 0.3) is 11.8 Å². The Morgan fingerprint density at radius 1 is 1.20 bits per heavy atom. The summed E-state index contributed by atoms with van der Waals surface area (Å²) in [6, 6.07) is 7.47. The zero-order chi connectivity index (χ0) is 24.4. The number of fused-ring (bicyclic) bond motifs is 2. The van der Waals surface area contributed by atoms with E-state index >= 15 is 0 Å². The molecule has 0 radical (unpaired) electrons. The lowest BCUT2D eigenvalue weighted by atomic mass is 9.95. The molecular weight excluding hydrogens is 466 g/mol. The highest BCUT2D eigenvalue weighted by Crippen LogP contribution is 2.38. The van der Waals surface area contributed by atoms with Crippen molar-refractivity contribution in [1.29, 1.82) is 0 Å². The van der Waals surface area contributed by atoms with Crippen LogP contribution in [0.25, 0.3) is 11.3 Å². The first kappa shape index (κ1) is 23.6. The second kappa shape index (κ2) is 10.2. The van der Waals surface area contributed by atoms with Crippen LogP contribution in [0, 0.1) is 0 Å². The molecule has 1 aliphatic carbocycles. The maximum atomic E-state index is 13.1. The Kier molecular flexibility index (Phi) is 6.88. The van der Waals surface area contributed by atoms with Gasteiger partial charge in [0, 0.05) is 43.2 Å². The van der Waals surface area contributed by atoms with Crippen LogP contribution in [-0.4, -0.2) is 43.3 Å². The monoisotopic (exact) mass is 495 g/mol. The lowest BCUT2D eigenvalue weighted by Gasteiger charge is -2.13. The SMILES string of the molecule is COCCCNC(=O)c1c(NC(=O)c2cc(-c3ccc4c(c3)CC(C)O4)on2)sc2c1CCCC2. The molecular formula is C26H29N3O5S. The molecule has 3 aromatic rings. The molecule has 0 saturated heterocycles. The number of benzene rings is 1. The number of carbonyl (C=O) groups is 2. The molecule has 8 nitrogen and oxygen atoms in total. The van der Waals surface area contributed by atoms with Gasteiger partial charge in [-0.25, -0.2) is 0 Å². The van der Waals surface area contributed by atoms with E-state index in [0.29, 0.717) is 29.5 Å². The quantitative estimate of drug-likeness (QED) is 0.442. The molecule has 0 fully saturated rings. The first-order valence-electron chi connectivity index (χ1n) is 12.0. The summed E-state index contributed by atoms with van der Waals surface area (Å²) < 4.78 is 16.3. The first-order valence-corrected chi connectivity index (χ1v) is 12.8. The molecule has 2 amide bonds. The predicted molar refractivity (Wildman–Crippen MR) is 133 cm³/mol. The Morgan fingerprint density at radius 3 is 2.91 bits per heavy atom. The van der Waals surface area contributed by atoms with Crippen LogP contribution in [0.15, 0.2) is 28.8 Å². The Labute approximate surface area is 208 Å². The normalized spacial score (nSPS) is 16.3. The van der Waals surface area contributed by atoms with Crippen LogP contribution in [0.3, 0.4) is 0 Å². The second-order valence-corrected chi connectivity index (χ2v) is 10.1. The predicted octanol–water partition coefficient (Wildman–Crippen LogP) is 4.62. The summed E-state index contributed by atoms with van der Waals surface area (Å²) >= 11 is 1.48. The summed E-state index contributed by atoms with van der Waals surface area (Å²) in [5.41, 5.74) is 3.75. The molecule has 0 saturated carbocycles. The molecule has 0 bridgehead atoms. The smallest absolute Gasteiger partial charge is 0.278 e. The van der Waals surface area contributed by atoms with Gasteiger partial charge in [-0.1, -0.05) is 5.16 Å². The summed E-state index contributed by atoms with van der Waals surface area (Å²) in [7, 11) is 1.64. The fraction of sp³-hybridized carbons (Fsp3) is 0.423. The van der Waals surface area contributed by atoms with E-state index in [1.807, 2.05) is 25.1 Å². The fourth-order valence-corrected chi connectivity index (χ4v) is 5.94. The molecule has 0 spiro atoms. The average Bonchev–Trinajstić information content (AvgIpc) is 3.57. The van der Waals surface area contributed by atoms with Gasteiger partial charge < -0.3 is 24.6 Å². The molecule has 35 heavy (non-hydrogen) atoms. The summed E-state index contributed by atoms with van der Waals surface area (Å²) in [5, 5.41) is 10.5. The molecule has 1 aromatic carbocycles. The molecule has 1 atom stereocenters. The third-order valence-electron chi connectivity index (χ3n) is 6.36. The van der Waals surface area contributed by atoms with Crippen LogP contribution in [0.4, 0.5) is 5.00 Å². The van der Waals surface area contributed by atoms with E-state index in [1.165, 1.54) is 16.2 Å². The molecule has 3 heterocycles. The van der Waals surface area contributed by atoms with Gasteiger partial charge >= 0.3 is 0 Å². The Bertz CT molecular complexity index is 1250. The number of amides is 2. The van der Waals surface area contributed by atoms with Gasteiger partial charge in [-0.3, -0.25) is 9.59 Å². The van der Waals surface area contributed by atoms with Crippen LogP contribution in [-0.2, 0) is 24.0 Å². The number of hydrogen-bond acceptors (Lipinski definition) is 7. The van der Waals surface area contributed by atoms with Crippen molar-refractivity contribution in [2.75, 3.05) is 25.6 Å². The van der Waals surface area contributed by atoms with E-state index in [1.54, 1.807) is 13.2 Å². The molecule has 2 aromatic heterocycles. The standard InChI is InChI=1S/C26H29N3O5S/c1-15-12-17-13-16(8-9-20(17)33-15)21-14-19(29-34-21)24(30)28-26-23(25(31)27-10-5-11-32-2)18-6-3-4-7-22(18)35-26/h8-9,13-15H,3-7,10-12H2,1-2H3,(H,27,31)(H,28,30). The van der Waals surface area contributed by atoms with Gasteiger partial charge in [-0.15, -0.1) is 11.3 Å². The van der Waals surface area contributed by atoms with Crippen LogP contribution in [0.2, 0.25) is 0 Å². The minimum absolute atomic E-state index is 0.152. The lowest BCUT2D eigenvalue weighted by Crippen LogP contribution is -2.27. The van der Waals surface area contributed by atoms with Crippen molar-refractivity contribution in [1.82, 2.24) is 10.5 Å². The van der Waals surface area contributed by atoms with Crippen molar-refractivity contribution < 1.29 is 23.6 Å². The van der Waals surface area contributed by atoms with E-state index in [2.05, 4.69) is 15.8 Å². The Hall–Kier alpha value is -3.17. The number of carbonyl (C=O) groups excluding carboxylic acids is 2. The first-order chi connectivity index (χ1) is 17.0. The number of rotatable bonds is 8. The van der Waals surface area contributed by atoms with Gasteiger partial charge in [0.05, 0.1) is 5.56 Å². The molecule has 184 valence electrons. The van der Waals surface area contributed by atoms with Crippen molar-refractivity contribution >= 4 is 28.2 Å². The zero-order valence-electron chi connectivity index (χ0n) is 19.9. The summed E-state index contributed by atoms with van der Waals surface area (Å²) in [6.45, 7) is 3.13. The minimum Gasteiger partial charge on any atom is -0.490 e. The molecule has 2 aliphatic rings. The van der Waals surface area contributed by atoms with Gasteiger partial charge in [-0.2, -0.15) is 0 Å². The van der Waals surface area contributed by atoms with E-state index in [4.69, 9.17) is 14.0 Å². The van der Waals surface area contributed by atoms with E-state index in [9.17, 15) is 9.59 Å². The number of nitrogens with one attached hydrogen (secondary N) is 2. The van der Waals surface area contributed by atoms with Crippen molar-refractivity contribution in [3.8, 4) is 17.1 Å². The third kappa shape index (κ3) is 4.97. The summed E-state index contributed by atoms with van der Waals surface area (Å²) in [5.74, 6) is 0.837. The maximum Gasteiger partial charge on any atom is 0.278 e. The number of anilines is 1. The van der Waals surface area contributed by atoms with E-state index in [0.717, 1.165) is 61.0 Å².